The van der Waals surface area contributed by atoms with Gasteiger partial charge in [-0.05, 0) is 25.1 Å². The van der Waals surface area contributed by atoms with Gasteiger partial charge in [-0.2, -0.15) is 0 Å². The number of hydrogen-bond acceptors (Lipinski definition) is 5. The number of anilines is 1. The summed E-state index contributed by atoms with van der Waals surface area (Å²) < 4.78 is 0. The summed E-state index contributed by atoms with van der Waals surface area (Å²) in [6, 6.07) is 5.23. The number of rotatable bonds is 5. The Hall–Kier alpha value is -2.50. The summed E-state index contributed by atoms with van der Waals surface area (Å²) in [6.07, 6.45) is 4.75. The van der Waals surface area contributed by atoms with Crippen molar-refractivity contribution in [2.24, 2.45) is 0 Å². The third-order valence-electron chi connectivity index (χ3n) is 2.47. The zero-order valence-corrected chi connectivity index (χ0v) is 10.6. The highest BCUT2D eigenvalue weighted by Gasteiger charge is 2.11. The molecule has 0 atom stereocenters. The van der Waals surface area contributed by atoms with E-state index >= 15 is 0 Å². The molecule has 2 rings (SSSR count). The average molecular weight is 257 g/mol. The van der Waals surface area contributed by atoms with Crippen LogP contribution < -0.4 is 10.6 Å². The Labute approximate surface area is 111 Å². The number of nitrogens with one attached hydrogen (secondary N) is 2. The predicted octanol–water partition coefficient (Wildman–Crippen LogP) is 1.23. The normalized spacial score (nSPS) is 9.95. The molecule has 6 heteroatoms. The third kappa shape index (κ3) is 3.48. The first-order chi connectivity index (χ1) is 9.31. The maximum Gasteiger partial charge on any atom is 0.255 e. The SMILES string of the molecule is CCNc1ncccc1C(=O)NCc1ccncn1. The number of aromatic nitrogens is 3. The molecule has 98 valence electrons. The van der Waals surface area contributed by atoms with Gasteiger partial charge < -0.3 is 10.6 Å². The van der Waals surface area contributed by atoms with E-state index in [-0.39, 0.29) is 5.91 Å². The van der Waals surface area contributed by atoms with Crippen molar-refractivity contribution in [2.75, 3.05) is 11.9 Å². The summed E-state index contributed by atoms with van der Waals surface area (Å²) in [7, 11) is 0. The van der Waals surface area contributed by atoms with Gasteiger partial charge in [-0.15, -0.1) is 0 Å². The minimum absolute atomic E-state index is 0.178. The lowest BCUT2D eigenvalue weighted by Crippen LogP contribution is -2.24. The lowest BCUT2D eigenvalue weighted by atomic mass is 10.2. The van der Waals surface area contributed by atoms with Crippen LogP contribution in [0.2, 0.25) is 0 Å². The van der Waals surface area contributed by atoms with Gasteiger partial charge >= 0.3 is 0 Å². The van der Waals surface area contributed by atoms with Crippen LogP contribution in [0.15, 0.2) is 36.9 Å². The molecule has 6 nitrogen and oxygen atoms in total. The molecule has 2 heterocycles. The van der Waals surface area contributed by atoms with Crippen LogP contribution in [-0.2, 0) is 6.54 Å². The van der Waals surface area contributed by atoms with Gasteiger partial charge in [-0.3, -0.25) is 4.79 Å². The summed E-state index contributed by atoms with van der Waals surface area (Å²) in [5, 5.41) is 5.86. The Kier molecular flexibility index (Phi) is 4.39. The monoisotopic (exact) mass is 257 g/mol. The van der Waals surface area contributed by atoms with Crippen molar-refractivity contribution in [2.45, 2.75) is 13.5 Å². The molecule has 2 aromatic rings. The van der Waals surface area contributed by atoms with Crippen LogP contribution in [0.3, 0.4) is 0 Å². The van der Waals surface area contributed by atoms with Crippen LogP contribution in [0, 0.1) is 0 Å². The van der Waals surface area contributed by atoms with Crippen molar-refractivity contribution < 1.29 is 4.79 Å². The van der Waals surface area contributed by atoms with E-state index in [2.05, 4.69) is 25.6 Å². The third-order valence-corrected chi connectivity index (χ3v) is 2.47. The average Bonchev–Trinajstić information content (AvgIpc) is 2.47. The lowest BCUT2D eigenvalue weighted by Gasteiger charge is -2.09. The fourth-order valence-electron chi connectivity index (χ4n) is 1.59. The van der Waals surface area contributed by atoms with Gasteiger partial charge in [0.1, 0.15) is 12.1 Å². The van der Waals surface area contributed by atoms with Gasteiger partial charge in [0.05, 0.1) is 17.8 Å². The molecule has 2 N–H and O–H groups in total. The van der Waals surface area contributed by atoms with E-state index in [1.165, 1.54) is 6.33 Å². The Bertz CT molecular complexity index is 544. The number of pyridine rings is 1. The maximum absolute atomic E-state index is 12.1. The van der Waals surface area contributed by atoms with Crippen molar-refractivity contribution in [3.8, 4) is 0 Å². The Morgan fingerprint density at radius 3 is 2.89 bits per heavy atom. The van der Waals surface area contributed by atoms with Gasteiger partial charge in [0, 0.05) is 18.9 Å². The summed E-state index contributed by atoms with van der Waals surface area (Å²) >= 11 is 0. The largest absolute Gasteiger partial charge is 0.370 e. The molecule has 0 fully saturated rings. The molecule has 0 aliphatic carbocycles. The number of amides is 1. The summed E-state index contributed by atoms with van der Waals surface area (Å²) in [5.74, 6) is 0.410. The first-order valence-corrected chi connectivity index (χ1v) is 6.03. The topological polar surface area (TPSA) is 79.8 Å². The molecular weight excluding hydrogens is 242 g/mol. The summed E-state index contributed by atoms with van der Waals surface area (Å²) in [6.45, 7) is 3.03. The second-order valence-electron chi connectivity index (χ2n) is 3.81. The van der Waals surface area contributed by atoms with E-state index < -0.39 is 0 Å². The molecule has 0 saturated carbocycles. The summed E-state index contributed by atoms with van der Waals surface area (Å²) in [5.41, 5.74) is 1.29. The second-order valence-corrected chi connectivity index (χ2v) is 3.81. The first kappa shape index (κ1) is 12.9. The van der Waals surface area contributed by atoms with Crippen LogP contribution in [0.4, 0.5) is 5.82 Å². The highest BCUT2D eigenvalue weighted by Crippen LogP contribution is 2.10. The number of carbonyl (C=O) groups excluding carboxylic acids is 1. The molecule has 19 heavy (non-hydrogen) atoms. The molecule has 2 aromatic heterocycles. The molecule has 1 amide bonds. The zero-order valence-electron chi connectivity index (χ0n) is 10.6. The quantitative estimate of drug-likeness (QED) is 0.842. The van der Waals surface area contributed by atoms with E-state index in [1.807, 2.05) is 6.92 Å². The van der Waals surface area contributed by atoms with E-state index in [0.29, 0.717) is 24.5 Å². The van der Waals surface area contributed by atoms with Crippen molar-refractivity contribution >= 4 is 11.7 Å². The fourth-order valence-corrected chi connectivity index (χ4v) is 1.59. The molecular formula is C13H15N5O. The van der Waals surface area contributed by atoms with E-state index in [4.69, 9.17) is 0 Å². The molecule has 0 aliphatic heterocycles. The molecule has 0 bridgehead atoms. The second kappa shape index (κ2) is 6.44. The van der Waals surface area contributed by atoms with Gasteiger partial charge in [0.25, 0.3) is 5.91 Å². The first-order valence-electron chi connectivity index (χ1n) is 6.03. The molecule has 0 unspecified atom stereocenters. The van der Waals surface area contributed by atoms with E-state index in [9.17, 15) is 4.79 Å². The highest BCUT2D eigenvalue weighted by molar-refractivity contribution is 5.98. The van der Waals surface area contributed by atoms with Crippen LogP contribution >= 0.6 is 0 Å². The zero-order chi connectivity index (χ0) is 13.5. The Morgan fingerprint density at radius 2 is 2.16 bits per heavy atom. The lowest BCUT2D eigenvalue weighted by molar-refractivity contribution is 0.0951. The van der Waals surface area contributed by atoms with Gasteiger partial charge in [-0.1, -0.05) is 0 Å². The summed E-state index contributed by atoms with van der Waals surface area (Å²) in [4.78, 5) is 24.1. The minimum atomic E-state index is -0.178. The van der Waals surface area contributed by atoms with Crippen LogP contribution in [0.25, 0.3) is 0 Å². The number of carbonyl (C=O) groups is 1. The van der Waals surface area contributed by atoms with Crippen LogP contribution in [0.1, 0.15) is 23.0 Å². The molecule has 0 aliphatic rings. The van der Waals surface area contributed by atoms with Gasteiger partial charge in [0.2, 0.25) is 0 Å². The molecule has 0 saturated heterocycles. The van der Waals surface area contributed by atoms with E-state index in [1.54, 1.807) is 30.6 Å². The van der Waals surface area contributed by atoms with Crippen LogP contribution in [-0.4, -0.2) is 27.4 Å². The molecule has 0 spiro atoms. The Balaban J connectivity index is 2.04. The van der Waals surface area contributed by atoms with Gasteiger partial charge in [0.15, 0.2) is 0 Å². The minimum Gasteiger partial charge on any atom is -0.370 e. The molecule has 0 aromatic carbocycles. The standard InChI is InChI=1S/C13H15N5O/c1-2-15-12-11(4-3-6-16-12)13(19)17-8-10-5-7-14-9-18-10/h3-7,9H,2,8H2,1H3,(H,15,16)(H,17,19). The predicted molar refractivity (Wildman–Crippen MR) is 71.6 cm³/mol. The van der Waals surface area contributed by atoms with Gasteiger partial charge in [-0.25, -0.2) is 15.0 Å². The smallest absolute Gasteiger partial charge is 0.255 e. The van der Waals surface area contributed by atoms with Crippen molar-refractivity contribution in [3.05, 3.63) is 48.2 Å². The highest BCUT2D eigenvalue weighted by atomic mass is 16.1. The van der Waals surface area contributed by atoms with Crippen molar-refractivity contribution in [3.63, 3.8) is 0 Å². The fraction of sp³-hybridized carbons (Fsp3) is 0.231. The number of hydrogen-bond donors (Lipinski definition) is 2. The molecule has 0 radical (unpaired) electrons. The maximum atomic E-state index is 12.1. The van der Waals surface area contributed by atoms with E-state index in [0.717, 1.165) is 5.69 Å². The van der Waals surface area contributed by atoms with Crippen LogP contribution in [0.5, 0.6) is 0 Å². The Morgan fingerprint density at radius 1 is 1.26 bits per heavy atom. The van der Waals surface area contributed by atoms with Crippen molar-refractivity contribution in [1.29, 1.82) is 0 Å². The number of nitrogens with zero attached hydrogens (tertiary/aromatic N) is 3. The van der Waals surface area contributed by atoms with Crippen molar-refractivity contribution in [1.82, 2.24) is 20.3 Å².